The van der Waals surface area contributed by atoms with Crippen LogP contribution >= 0.6 is 0 Å². The van der Waals surface area contributed by atoms with Crippen LogP contribution in [0.5, 0.6) is 0 Å². The molecule has 0 spiro atoms. The zero-order valence-electron chi connectivity index (χ0n) is 8.53. The minimum Gasteiger partial charge on any atom is -0.383 e. The number of alkyl halides is 3. The SMILES string of the molecule is CC(c1nc(C2CC2)no1)C(O)C(F)(F)F. The molecule has 1 aliphatic carbocycles. The molecule has 90 valence electrons. The minimum atomic E-state index is -4.67. The van der Waals surface area contributed by atoms with Crippen molar-refractivity contribution >= 4 is 0 Å². The van der Waals surface area contributed by atoms with E-state index >= 15 is 0 Å². The molecule has 2 unspecified atom stereocenters. The van der Waals surface area contributed by atoms with E-state index in [1.165, 1.54) is 6.92 Å². The van der Waals surface area contributed by atoms with Crippen molar-refractivity contribution in [3.63, 3.8) is 0 Å². The second-order valence-corrected chi connectivity index (χ2v) is 4.04. The Bertz CT molecular complexity index is 373. The molecule has 1 aromatic rings. The first kappa shape index (κ1) is 11.4. The topological polar surface area (TPSA) is 59.2 Å². The summed E-state index contributed by atoms with van der Waals surface area (Å²) < 4.78 is 41.4. The minimum absolute atomic E-state index is 0.160. The molecule has 0 bridgehead atoms. The van der Waals surface area contributed by atoms with Crippen molar-refractivity contribution < 1.29 is 22.8 Å². The Hall–Kier alpha value is -1.11. The van der Waals surface area contributed by atoms with Gasteiger partial charge in [-0.05, 0) is 12.8 Å². The summed E-state index contributed by atoms with van der Waals surface area (Å²) in [5, 5.41) is 12.6. The van der Waals surface area contributed by atoms with E-state index in [-0.39, 0.29) is 11.8 Å². The summed E-state index contributed by atoms with van der Waals surface area (Å²) in [6, 6.07) is 0. The number of hydrogen-bond acceptors (Lipinski definition) is 4. The Labute approximate surface area is 89.5 Å². The molecule has 0 aromatic carbocycles. The third-order valence-corrected chi connectivity index (χ3v) is 2.60. The largest absolute Gasteiger partial charge is 0.415 e. The molecule has 1 heterocycles. The second-order valence-electron chi connectivity index (χ2n) is 4.04. The summed E-state index contributed by atoms with van der Waals surface area (Å²) >= 11 is 0. The molecule has 1 saturated carbocycles. The molecule has 1 N–H and O–H groups in total. The average molecular weight is 236 g/mol. The molecule has 2 rings (SSSR count). The number of aliphatic hydroxyl groups excluding tert-OH is 1. The van der Waals surface area contributed by atoms with Gasteiger partial charge in [-0.15, -0.1) is 0 Å². The van der Waals surface area contributed by atoms with Gasteiger partial charge >= 0.3 is 6.18 Å². The highest BCUT2D eigenvalue weighted by atomic mass is 19.4. The number of aromatic nitrogens is 2. The molecule has 7 heteroatoms. The number of halogens is 3. The van der Waals surface area contributed by atoms with Gasteiger partial charge in [0.2, 0.25) is 5.89 Å². The molecular weight excluding hydrogens is 225 g/mol. The molecule has 16 heavy (non-hydrogen) atoms. The first-order chi connectivity index (χ1) is 7.39. The smallest absolute Gasteiger partial charge is 0.383 e. The molecule has 2 atom stereocenters. The van der Waals surface area contributed by atoms with Gasteiger partial charge in [0.1, 0.15) is 0 Å². The van der Waals surface area contributed by atoms with Crippen molar-refractivity contribution in [2.45, 2.75) is 43.9 Å². The quantitative estimate of drug-likeness (QED) is 0.871. The van der Waals surface area contributed by atoms with E-state index in [1.54, 1.807) is 0 Å². The normalized spacial score (nSPS) is 20.8. The zero-order chi connectivity index (χ0) is 11.9. The maximum atomic E-state index is 12.2. The fraction of sp³-hybridized carbons (Fsp3) is 0.778. The number of hydrogen-bond donors (Lipinski definition) is 1. The van der Waals surface area contributed by atoms with Crippen LogP contribution in [0.25, 0.3) is 0 Å². The lowest BCUT2D eigenvalue weighted by atomic mass is 10.0. The van der Waals surface area contributed by atoms with Gasteiger partial charge in [0.25, 0.3) is 0 Å². The number of rotatable bonds is 3. The Morgan fingerprint density at radius 1 is 1.44 bits per heavy atom. The lowest BCUT2D eigenvalue weighted by Gasteiger charge is -2.17. The van der Waals surface area contributed by atoms with Gasteiger partial charge in [-0.1, -0.05) is 12.1 Å². The van der Waals surface area contributed by atoms with Gasteiger partial charge in [-0.3, -0.25) is 0 Å². The van der Waals surface area contributed by atoms with Crippen molar-refractivity contribution in [1.29, 1.82) is 0 Å². The fourth-order valence-corrected chi connectivity index (χ4v) is 1.36. The maximum Gasteiger partial charge on any atom is 0.415 e. The predicted molar refractivity (Wildman–Crippen MR) is 46.7 cm³/mol. The van der Waals surface area contributed by atoms with Gasteiger partial charge in [0, 0.05) is 5.92 Å². The molecule has 1 aromatic heterocycles. The molecule has 1 aliphatic rings. The fourth-order valence-electron chi connectivity index (χ4n) is 1.36. The van der Waals surface area contributed by atoms with Gasteiger partial charge < -0.3 is 9.63 Å². The van der Waals surface area contributed by atoms with Crippen molar-refractivity contribution in [2.75, 3.05) is 0 Å². The predicted octanol–water partition coefficient (Wildman–Crippen LogP) is 1.97. The molecular formula is C9H11F3N2O2. The molecule has 4 nitrogen and oxygen atoms in total. The highest BCUT2D eigenvalue weighted by Gasteiger charge is 2.44. The Kier molecular flexibility index (Phi) is 2.65. The van der Waals surface area contributed by atoms with Gasteiger partial charge in [-0.2, -0.15) is 18.2 Å². The zero-order valence-corrected chi connectivity index (χ0v) is 8.53. The molecule has 0 radical (unpaired) electrons. The third-order valence-electron chi connectivity index (χ3n) is 2.60. The lowest BCUT2D eigenvalue weighted by molar-refractivity contribution is -0.210. The summed E-state index contributed by atoms with van der Waals surface area (Å²) in [5.41, 5.74) is 0. The first-order valence-corrected chi connectivity index (χ1v) is 4.98. The number of aliphatic hydroxyl groups is 1. The Morgan fingerprint density at radius 3 is 2.56 bits per heavy atom. The summed E-state index contributed by atoms with van der Waals surface area (Å²) in [7, 11) is 0. The third kappa shape index (κ3) is 2.18. The first-order valence-electron chi connectivity index (χ1n) is 4.98. The summed E-state index contributed by atoms with van der Waals surface area (Å²) in [5.74, 6) is -0.740. The van der Waals surface area contributed by atoms with Crippen molar-refractivity contribution in [3.8, 4) is 0 Å². The molecule has 0 amide bonds. The van der Waals surface area contributed by atoms with Crippen LogP contribution in [-0.4, -0.2) is 27.5 Å². The number of nitrogens with zero attached hydrogens (tertiary/aromatic N) is 2. The van der Waals surface area contributed by atoms with Gasteiger partial charge in [0.05, 0.1) is 5.92 Å². The standard InChI is InChI=1S/C9H11F3N2O2/c1-4(6(15)9(10,11)12)8-13-7(14-16-8)5-2-3-5/h4-6,15H,2-3H2,1H3. The van der Waals surface area contributed by atoms with E-state index in [4.69, 9.17) is 9.63 Å². The second kappa shape index (κ2) is 3.73. The highest BCUT2D eigenvalue weighted by Crippen LogP contribution is 2.39. The van der Waals surface area contributed by atoms with Crippen molar-refractivity contribution in [1.82, 2.24) is 10.1 Å². The van der Waals surface area contributed by atoms with E-state index in [1.807, 2.05) is 0 Å². The summed E-state index contributed by atoms with van der Waals surface area (Å²) in [6.07, 6.45) is -5.27. The summed E-state index contributed by atoms with van der Waals surface area (Å²) in [4.78, 5) is 3.87. The van der Waals surface area contributed by atoms with Crippen LogP contribution in [0.2, 0.25) is 0 Å². The Morgan fingerprint density at radius 2 is 2.06 bits per heavy atom. The van der Waals surface area contributed by atoms with Crippen LogP contribution in [-0.2, 0) is 0 Å². The lowest BCUT2D eigenvalue weighted by Crippen LogP contribution is -2.33. The van der Waals surface area contributed by atoms with E-state index in [2.05, 4.69) is 10.1 Å². The van der Waals surface area contributed by atoms with Gasteiger partial charge in [0.15, 0.2) is 11.9 Å². The maximum absolute atomic E-state index is 12.2. The van der Waals surface area contributed by atoms with Crippen LogP contribution in [0, 0.1) is 0 Å². The van der Waals surface area contributed by atoms with E-state index in [0.717, 1.165) is 12.8 Å². The van der Waals surface area contributed by atoms with Crippen molar-refractivity contribution in [2.24, 2.45) is 0 Å². The van der Waals surface area contributed by atoms with Crippen LogP contribution in [0.3, 0.4) is 0 Å². The van der Waals surface area contributed by atoms with E-state index in [0.29, 0.717) is 5.82 Å². The highest BCUT2D eigenvalue weighted by molar-refractivity contribution is 5.06. The van der Waals surface area contributed by atoms with Crippen LogP contribution in [0.15, 0.2) is 4.52 Å². The Balaban J connectivity index is 2.10. The van der Waals surface area contributed by atoms with E-state index < -0.39 is 18.2 Å². The van der Waals surface area contributed by atoms with Gasteiger partial charge in [-0.25, -0.2) is 0 Å². The van der Waals surface area contributed by atoms with Crippen LogP contribution < -0.4 is 0 Å². The van der Waals surface area contributed by atoms with Crippen LogP contribution in [0.1, 0.15) is 43.3 Å². The van der Waals surface area contributed by atoms with Crippen molar-refractivity contribution in [3.05, 3.63) is 11.7 Å². The van der Waals surface area contributed by atoms with E-state index in [9.17, 15) is 13.2 Å². The molecule has 0 aliphatic heterocycles. The molecule has 1 fully saturated rings. The average Bonchev–Trinajstić information content (AvgIpc) is 2.93. The van der Waals surface area contributed by atoms with Crippen LogP contribution in [0.4, 0.5) is 13.2 Å². The monoisotopic (exact) mass is 236 g/mol. The molecule has 0 saturated heterocycles. The summed E-state index contributed by atoms with van der Waals surface area (Å²) in [6.45, 7) is 1.21.